The van der Waals surface area contributed by atoms with Crippen LogP contribution < -0.4 is 5.32 Å². The maximum Gasteiger partial charge on any atom is 0.209 e. The summed E-state index contributed by atoms with van der Waals surface area (Å²) in [6.07, 6.45) is 0.520. The summed E-state index contributed by atoms with van der Waals surface area (Å²) in [4.78, 5) is 13.8. The molecule has 178 valence electrons. The molecule has 9 heteroatoms. The van der Waals surface area contributed by atoms with E-state index in [4.69, 9.17) is 23.2 Å². The van der Waals surface area contributed by atoms with Crippen molar-refractivity contribution in [1.29, 1.82) is 0 Å². The number of hydrogen-bond acceptors (Lipinski definition) is 6. The topological polar surface area (TPSA) is 96.1 Å². The van der Waals surface area contributed by atoms with Gasteiger partial charge in [-0.2, -0.15) is 0 Å². The minimum atomic E-state index is -0.916. The third kappa shape index (κ3) is 4.97. The number of aliphatic hydroxyl groups is 2. The molecule has 0 aliphatic heterocycles. The minimum Gasteiger partial charge on any atom is -0.390 e. The van der Waals surface area contributed by atoms with E-state index in [-0.39, 0.29) is 12.0 Å². The first-order valence-corrected chi connectivity index (χ1v) is 12.0. The second kappa shape index (κ2) is 9.84. The standard InChI is InChI=1S/C26H23Cl2N5O2/c1-15-10-20(24(35)23(15)34)33-14-30-22-25(29-13-17-5-3-7-19(28)12-17)31-21(32-26(22)33)9-8-16-4-2-6-18(27)11-16/h2-7,11-12,14-15,20,23-24,34-35H,10,13H2,1H3,(H,29,31,32)/t15?,20-,23-,24+/m1/s1. The van der Waals surface area contributed by atoms with Crippen molar-refractivity contribution in [1.82, 2.24) is 19.5 Å². The van der Waals surface area contributed by atoms with Crippen molar-refractivity contribution >= 4 is 40.2 Å². The summed E-state index contributed by atoms with van der Waals surface area (Å²) >= 11 is 12.2. The molecule has 4 aromatic rings. The molecule has 0 bridgehead atoms. The van der Waals surface area contributed by atoms with E-state index in [1.165, 1.54) is 0 Å². The molecule has 3 N–H and O–H groups in total. The lowest BCUT2D eigenvalue weighted by Gasteiger charge is -2.18. The number of rotatable bonds is 4. The maximum atomic E-state index is 10.6. The van der Waals surface area contributed by atoms with Gasteiger partial charge in [-0.3, -0.25) is 0 Å². The zero-order chi connectivity index (χ0) is 24.5. The number of nitrogens with zero attached hydrogens (tertiary/aromatic N) is 4. The Morgan fingerprint density at radius 1 is 1.03 bits per heavy atom. The number of fused-ring (bicyclic) bond motifs is 1. The minimum absolute atomic E-state index is 0.0446. The van der Waals surface area contributed by atoms with Gasteiger partial charge >= 0.3 is 0 Å². The molecule has 2 heterocycles. The third-order valence-electron chi connectivity index (χ3n) is 6.21. The van der Waals surface area contributed by atoms with Crippen LogP contribution in [0.2, 0.25) is 10.0 Å². The highest BCUT2D eigenvalue weighted by Crippen LogP contribution is 2.37. The van der Waals surface area contributed by atoms with E-state index in [2.05, 4.69) is 32.1 Å². The Balaban J connectivity index is 1.56. The van der Waals surface area contributed by atoms with Gasteiger partial charge in [-0.25, -0.2) is 15.0 Å². The Bertz CT molecular complexity index is 1440. The van der Waals surface area contributed by atoms with Gasteiger partial charge in [-0.15, -0.1) is 0 Å². The predicted molar refractivity (Wildman–Crippen MR) is 136 cm³/mol. The lowest BCUT2D eigenvalue weighted by molar-refractivity contribution is 0.00964. The summed E-state index contributed by atoms with van der Waals surface area (Å²) in [6.45, 7) is 2.39. The summed E-state index contributed by atoms with van der Waals surface area (Å²) in [6, 6.07) is 14.4. The van der Waals surface area contributed by atoms with Crippen molar-refractivity contribution in [2.75, 3.05) is 5.32 Å². The van der Waals surface area contributed by atoms with Gasteiger partial charge in [-0.1, -0.05) is 54.2 Å². The summed E-state index contributed by atoms with van der Waals surface area (Å²) in [5, 5.41) is 25.5. The average Bonchev–Trinajstić information content (AvgIpc) is 3.37. The number of hydrogen-bond donors (Lipinski definition) is 3. The zero-order valence-electron chi connectivity index (χ0n) is 18.9. The van der Waals surface area contributed by atoms with Crippen molar-refractivity contribution in [3.8, 4) is 11.8 Å². The molecule has 1 aliphatic carbocycles. The SMILES string of the molecule is CC1C[C@@H](n2cnc3c(NCc4cccc(Cl)c4)nc(C#Cc4cccc(Cl)c4)nc32)[C@H](O)[C@@H]1O. The normalized spacial score (nSPS) is 21.6. The van der Waals surface area contributed by atoms with E-state index in [9.17, 15) is 10.2 Å². The number of aromatic nitrogens is 4. The van der Waals surface area contributed by atoms with E-state index in [0.717, 1.165) is 11.1 Å². The number of imidazole rings is 1. The average molecular weight is 508 g/mol. The number of aliphatic hydroxyl groups excluding tert-OH is 2. The fourth-order valence-electron chi connectivity index (χ4n) is 4.37. The van der Waals surface area contributed by atoms with E-state index < -0.39 is 12.2 Å². The van der Waals surface area contributed by atoms with Gasteiger partial charge in [0.2, 0.25) is 5.82 Å². The first-order valence-electron chi connectivity index (χ1n) is 11.3. The lowest BCUT2D eigenvalue weighted by Crippen LogP contribution is -2.28. The van der Waals surface area contributed by atoms with Gasteiger partial charge in [0.15, 0.2) is 17.0 Å². The van der Waals surface area contributed by atoms with Crippen LogP contribution in [-0.4, -0.2) is 41.9 Å². The first-order chi connectivity index (χ1) is 16.9. The fourth-order valence-corrected chi connectivity index (χ4v) is 4.77. The van der Waals surface area contributed by atoms with Crippen LogP contribution in [0.15, 0.2) is 54.9 Å². The highest BCUT2D eigenvalue weighted by molar-refractivity contribution is 6.30. The molecule has 2 aromatic heterocycles. The highest BCUT2D eigenvalue weighted by Gasteiger charge is 2.40. The molecule has 0 radical (unpaired) electrons. The summed E-state index contributed by atoms with van der Waals surface area (Å²) in [7, 11) is 0. The second-order valence-electron chi connectivity index (χ2n) is 8.73. The number of halogens is 2. The summed E-state index contributed by atoms with van der Waals surface area (Å²) in [5.41, 5.74) is 2.82. The van der Waals surface area contributed by atoms with E-state index in [0.29, 0.717) is 45.8 Å². The molecule has 5 rings (SSSR count). The molecule has 0 saturated heterocycles. The number of nitrogens with one attached hydrogen (secondary N) is 1. The Hall–Kier alpha value is -3.15. The zero-order valence-corrected chi connectivity index (χ0v) is 20.4. The third-order valence-corrected chi connectivity index (χ3v) is 6.68. The van der Waals surface area contributed by atoms with Crippen LogP contribution in [0.5, 0.6) is 0 Å². The second-order valence-corrected chi connectivity index (χ2v) is 9.60. The van der Waals surface area contributed by atoms with Crippen LogP contribution in [-0.2, 0) is 6.54 Å². The van der Waals surface area contributed by atoms with Gasteiger partial charge < -0.3 is 20.1 Å². The molecular formula is C26H23Cl2N5O2. The van der Waals surface area contributed by atoms with Gasteiger partial charge in [0, 0.05) is 22.2 Å². The monoisotopic (exact) mass is 507 g/mol. The van der Waals surface area contributed by atoms with E-state index in [1.807, 2.05) is 47.9 Å². The Morgan fingerprint density at radius 2 is 1.80 bits per heavy atom. The molecule has 0 amide bonds. The van der Waals surface area contributed by atoms with Crippen molar-refractivity contribution < 1.29 is 10.2 Å². The Labute approximate surface area is 212 Å². The van der Waals surface area contributed by atoms with Crippen LogP contribution in [0.1, 0.15) is 36.3 Å². The van der Waals surface area contributed by atoms with E-state index >= 15 is 0 Å². The van der Waals surface area contributed by atoms with Crippen molar-refractivity contribution in [2.45, 2.75) is 38.1 Å². The molecule has 1 saturated carbocycles. The molecule has 2 aromatic carbocycles. The van der Waals surface area contributed by atoms with Gasteiger partial charge in [-0.05, 0) is 54.2 Å². The summed E-state index contributed by atoms with van der Waals surface area (Å²) in [5.74, 6) is 6.85. The highest BCUT2D eigenvalue weighted by atomic mass is 35.5. The van der Waals surface area contributed by atoms with Crippen LogP contribution in [0, 0.1) is 17.8 Å². The predicted octanol–water partition coefficient (Wildman–Crippen LogP) is 4.45. The first kappa shape index (κ1) is 23.6. The Morgan fingerprint density at radius 3 is 2.51 bits per heavy atom. The lowest BCUT2D eigenvalue weighted by atomic mass is 10.1. The molecular weight excluding hydrogens is 485 g/mol. The van der Waals surface area contributed by atoms with Gasteiger partial charge in [0.05, 0.1) is 18.5 Å². The van der Waals surface area contributed by atoms with Crippen LogP contribution in [0.3, 0.4) is 0 Å². The molecule has 4 atom stereocenters. The van der Waals surface area contributed by atoms with Crippen LogP contribution in [0.25, 0.3) is 11.2 Å². The van der Waals surface area contributed by atoms with Gasteiger partial charge in [0.25, 0.3) is 0 Å². The molecule has 0 spiro atoms. The number of anilines is 1. The molecule has 1 fully saturated rings. The summed E-state index contributed by atoms with van der Waals surface area (Å²) < 4.78 is 1.81. The Kier molecular flexibility index (Phi) is 6.63. The van der Waals surface area contributed by atoms with Gasteiger partial charge in [0.1, 0.15) is 6.10 Å². The number of benzene rings is 2. The molecule has 35 heavy (non-hydrogen) atoms. The van der Waals surface area contributed by atoms with Crippen LogP contribution in [0.4, 0.5) is 5.82 Å². The largest absolute Gasteiger partial charge is 0.390 e. The van der Waals surface area contributed by atoms with Crippen LogP contribution >= 0.6 is 23.2 Å². The van der Waals surface area contributed by atoms with Crippen molar-refractivity contribution in [2.24, 2.45) is 5.92 Å². The van der Waals surface area contributed by atoms with E-state index in [1.54, 1.807) is 18.5 Å². The van der Waals surface area contributed by atoms with Crippen molar-refractivity contribution in [3.63, 3.8) is 0 Å². The molecule has 7 nitrogen and oxygen atoms in total. The molecule has 1 unspecified atom stereocenters. The maximum absolute atomic E-state index is 10.6. The quantitative estimate of drug-likeness (QED) is 0.353. The fraction of sp³-hybridized carbons (Fsp3) is 0.269. The van der Waals surface area contributed by atoms with Crippen molar-refractivity contribution in [3.05, 3.63) is 81.9 Å². The molecule has 1 aliphatic rings. The smallest absolute Gasteiger partial charge is 0.209 e.